The Labute approximate surface area is 131 Å². The fourth-order valence-electron chi connectivity index (χ4n) is 2.25. The standard InChI is InChI=1S/C15H26N4O3/c1-3-4-5-7-22-14-11-18(12-14)15(20)17-13-9-16-19(10-13)6-8-21-2/h9-10,14H,3-8,11-12H2,1-2H3,(H,17,20). The number of nitrogens with zero attached hydrogens (tertiary/aromatic N) is 3. The summed E-state index contributed by atoms with van der Waals surface area (Å²) in [6, 6.07) is -0.0975. The van der Waals surface area contributed by atoms with Crippen LogP contribution in [0.1, 0.15) is 26.2 Å². The third-order valence-corrected chi connectivity index (χ3v) is 3.65. The number of hydrogen-bond acceptors (Lipinski definition) is 4. The summed E-state index contributed by atoms with van der Waals surface area (Å²) in [6.07, 6.45) is 7.12. The molecule has 7 nitrogen and oxygen atoms in total. The molecule has 0 atom stereocenters. The van der Waals surface area contributed by atoms with Crippen molar-refractivity contribution in [2.75, 3.05) is 38.7 Å². The molecule has 1 fully saturated rings. The first-order valence-corrected chi connectivity index (χ1v) is 7.92. The number of hydrogen-bond donors (Lipinski definition) is 1. The maximum Gasteiger partial charge on any atom is 0.322 e. The Morgan fingerprint density at radius 3 is 2.95 bits per heavy atom. The van der Waals surface area contributed by atoms with E-state index in [0.29, 0.717) is 31.9 Å². The van der Waals surface area contributed by atoms with Gasteiger partial charge in [0.1, 0.15) is 0 Å². The highest BCUT2D eigenvalue weighted by molar-refractivity contribution is 5.89. The van der Waals surface area contributed by atoms with Crippen molar-refractivity contribution in [3.05, 3.63) is 12.4 Å². The van der Waals surface area contributed by atoms with E-state index >= 15 is 0 Å². The van der Waals surface area contributed by atoms with Gasteiger partial charge in [-0.3, -0.25) is 4.68 Å². The molecule has 1 aromatic heterocycles. The van der Waals surface area contributed by atoms with Gasteiger partial charge in [-0.15, -0.1) is 0 Å². The van der Waals surface area contributed by atoms with Crippen LogP contribution in [0.15, 0.2) is 12.4 Å². The van der Waals surface area contributed by atoms with E-state index in [1.165, 1.54) is 12.8 Å². The minimum Gasteiger partial charge on any atom is -0.383 e. The van der Waals surface area contributed by atoms with E-state index in [0.717, 1.165) is 13.0 Å². The molecule has 22 heavy (non-hydrogen) atoms. The molecule has 1 aliphatic rings. The van der Waals surface area contributed by atoms with Crippen LogP contribution in [0.5, 0.6) is 0 Å². The summed E-state index contributed by atoms with van der Waals surface area (Å²) in [6.45, 7) is 5.56. The second-order valence-electron chi connectivity index (χ2n) is 5.52. The molecule has 0 spiro atoms. The van der Waals surface area contributed by atoms with E-state index < -0.39 is 0 Å². The van der Waals surface area contributed by atoms with Crippen molar-refractivity contribution in [1.82, 2.24) is 14.7 Å². The molecule has 0 saturated carbocycles. The Balaban J connectivity index is 1.63. The van der Waals surface area contributed by atoms with Crippen molar-refractivity contribution in [1.29, 1.82) is 0 Å². The Hall–Kier alpha value is -1.60. The van der Waals surface area contributed by atoms with Crippen LogP contribution in [0.25, 0.3) is 0 Å². The summed E-state index contributed by atoms with van der Waals surface area (Å²) in [7, 11) is 1.65. The summed E-state index contributed by atoms with van der Waals surface area (Å²) in [5.41, 5.74) is 0.702. The molecule has 0 radical (unpaired) electrons. The Bertz CT molecular complexity index is 457. The number of amides is 2. The van der Waals surface area contributed by atoms with Crippen LogP contribution in [-0.2, 0) is 16.0 Å². The van der Waals surface area contributed by atoms with Gasteiger partial charge in [0, 0.05) is 19.9 Å². The van der Waals surface area contributed by atoms with Crippen LogP contribution in [0.2, 0.25) is 0 Å². The molecule has 2 amide bonds. The van der Waals surface area contributed by atoms with Gasteiger partial charge in [-0.1, -0.05) is 19.8 Å². The molecule has 0 unspecified atom stereocenters. The van der Waals surface area contributed by atoms with Crippen molar-refractivity contribution in [3.63, 3.8) is 0 Å². The van der Waals surface area contributed by atoms with Gasteiger partial charge < -0.3 is 19.7 Å². The van der Waals surface area contributed by atoms with Crippen LogP contribution >= 0.6 is 0 Å². The van der Waals surface area contributed by atoms with Crippen molar-refractivity contribution in [2.24, 2.45) is 0 Å². The van der Waals surface area contributed by atoms with Crippen LogP contribution in [0.4, 0.5) is 10.5 Å². The number of ether oxygens (including phenoxy) is 2. The molecule has 0 aromatic carbocycles. The van der Waals surface area contributed by atoms with Gasteiger partial charge in [-0.2, -0.15) is 5.10 Å². The Morgan fingerprint density at radius 2 is 2.23 bits per heavy atom. The van der Waals surface area contributed by atoms with E-state index in [4.69, 9.17) is 9.47 Å². The first-order chi connectivity index (χ1) is 10.7. The monoisotopic (exact) mass is 310 g/mol. The van der Waals surface area contributed by atoms with Gasteiger partial charge in [-0.25, -0.2) is 4.79 Å². The third-order valence-electron chi connectivity index (χ3n) is 3.65. The summed E-state index contributed by atoms with van der Waals surface area (Å²) < 4.78 is 12.4. The van der Waals surface area contributed by atoms with Crippen molar-refractivity contribution in [2.45, 2.75) is 38.8 Å². The third kappa shape index (κ3) is 4.99. The molecule has 1 aromatic rings. The molecule has 7 heteroatoms. The predicted molar refractivity (Wildman–Crippen MR) is 84.0 cm³/mol. The number of likely N-dealkylation sites (tertiary alicyclic amines) is 1. The molecule has 1 aliphatic heterocycles. The highest BCUT2D eigenvalue weighted by atomic mass is 16.5. The lowest BCUT2D eigenvalue weighted by molar-refractivity contribution is -0.0342. The van der Waals surface area contributed by atoms with Gasteiger partial charge in [0.05, 0.1) is 44.2 Å². The average Bonchev–Trinajstić information content (AvgIpc) is 2.90. The number of urea groups is 1. The summed E-state index contributed by atoms with van der Waals surface area (Å²) in [5, 5.41) is 7.01. The zero-order valence-electron chi connectivity index (χ0n) is 13.5. The molecule has 2 rings (SSSR count). The number of anilines is 1. The lowest BCUT2D eigenvalue weighted by Gasteiger charge is -2.38. The zero-order valence-corrected chi connectivity index (χ0v) is 13.5. The van der Waals surface area contributed by atoms with Crippen LogP contribution in [-0.4, -0.2) is 60.2 Å². The zero-order chi connectivity index (χ0) is 15.8. The number of methoxy groups -OCH3 is 1. The molecule has 1 N–H and O–H groups in total. The van der Waals surface area contributed by atoms with E-state index in [2.05, 4.69) is 17.3 Å². The summed E-state index contributed by atoms with van der Waals surface area (Å²) in [5.74, 6) is 0. The highest BCUT2D eigenvalue weighted by Gasteiger charge is 2.31. The minimum atomic E-state index is -0.0975. The Morgan fingerprint density at radius 1 is 1.41 bits per heavy atom. The fourth-order valence-corrected chi connectivity index (χ4v) is 2.25. The summed E-state index contributed by atoms with van der Waals surface area (Å²) >= 11 is 0. The SMILES string of the molecule is CCCCCOC1CN(C(=O)Nc2cnn(CCOC)c2)C1. The van der Waals surface area contributed by atoms with E-state index in [9.17, 15) is 4.79 Å². The molecule has 0 bridgehead atoms. The lowest BCUT2D eigenvalue weighted by atomic mass is 10.2. The number of nitrogens with one attached hydrogen (secondary N) is 1. The highest BCUT2D eigenvalue weighted by Crippen LogP contribution is 2.15. The average molecular weight is 310 g/mol. The quantitative estimate of drug-likeness (QED) is 0.708. The number of carbonyl (C=O) groups excluding carboxylic acids is 1. The lowest BCUT2D eigenvalue weighted by Crippen LogP contribution is -2.56. The van der Waals surface area contributed by atoms with Crippen LogP contribution < -0.4 is 5.32 Å². The normalized spacial score (nSPS) is 14.9. The molecular formula is C15H26N4O3. The van der Waals surface area contributed by atoms with E-state index in [-0.39, 0.29) is 12.1 Å². The van der Waals surface area contributed by atoms with E-state index in [1.807, 2.05) is 0 Å². The van der Waals surface area contributed by atoms with Crippen LogP contribution in [0, 0.1) is 0 Å². The fraction of sp³-hybridized carbons (Fsp3) is 0.733. The number of rotatable bonds is 9. The smallest absolute Gasteiger partial charge is 0.322 e. The van der Waals surface area contributed by atoms with Crippen molar-refractivity contribution >= 4 is 11.7 Å². The van der Waals surface area contributed by atoms with Gasteiger partial charge in [0.15, 0.2) is 0 Å². The Kier molecular flexibility index (Phi) is 6.67. The minimum absolute atomic E-state index is 0.0975. The molecule has 0 aliphatic carbocycles. The first kappa shape index (κ1) is 16.8. The van der Waals surface area contributed by atoms with Gasteiger partial charge >= 0.3 is 6.03 Å². The van der Waals surface area contributed by atoms with Gasteiger partial charge in [-0.05, 0) is 6.42 Å². The van der Waals surface area contributed by atoms with Crippen molar-refractivity contribution in [3.8, 4) is 0 Å². The second-order valence-corrected chi connectivity index (χ2v) is 5.52. The number of unbranched alkanes of at least 4 members (excludes halogenated alkanes) is 2. The second kappa shape index (κ2) is 8.75. The first-order valence-electron chi connectivity index (χ1n) is 7.92. The molecule has 124 valence electrons. The number of carbonyl (C=O) groups is 1. The summed E-state index contributed by atoms with van der Waals surface area (Å²) in [4.78, 5) is 13.8. The topological polar surface area (TPSA) is 68.6 Å². The van der Waals surface area contributed by atoms with Crippen LogP contribution in [0.3, 0.4) is 0 Å². The van der Waals surface area contributed by atoms with E-state index in [1.54, 1.807) is 29.1 Å². The maximum atomic E-state index is 12.0. The largest absolute Gasteiger partial charge is 0.383 e. The molecule has 2 heterocycles. The van der Waals surface area contributed by atoms with Gasteiger partial charge in [0.2, 0.25) is 0 Å². The predicted octanol–water partition coefficient (Wildman–Crippen LogP) is 1.95. The van der Waals surface area contributed by atoms with Gasteiger partial charge in [0.25, 0.3) is 0 Å². The molecular weight excluding hydrogens is 284 g/mol. The molecule has 1 saturated heterocycles. The van der Waals surface area contributed by atoms with Crippen molar-refractivity contribution < 1.29 is 14.3 Å². The number of aromatic nitrogens is 2. The maximum absolute atomic E-state index is 12.0.